The largest absolute Gasteiger partial charge is 0.482 e. The number of hydrogen-bond acceptors (Lipinski definition) is 3. The summed E-state index contributed by atoms with van der Waals surface area (Å²) in [5.41, 5.74) is 1.49. The Kier molecular flexibility index (Phi) is 3.74. The number of ether oxygens (including phenoxy) is 1. The maximum Gasteiger partial charge on any atom is 0.228 e. The van der Waals surface area contributed by atoms with Gasteiger partial charge in [0, 0.05) is 21.6 Å². The van der Waals surface area contributed by atoms with Gasteiger partial charge in [-0.1, -0.05) is 61.8 Å². The standard InChI is InChI=1S/C25H23ClO3/c1-23(15-8-10-16(26)11-9-15)12-13-24(2)19-20(27)17-6-4-5-7-18(17)21(28)22(19)29-25(24,3)14-23/h4-11H,12-14H2,1-3H3/t23-,24-,25-/m1/s1. The third kappa shape index (κ3) is 2.37. The van der Waals surface area contributed by atoms with Gasteiger partial charge in [-0.05, 0) is 49.3 Å². The first-order chi connectivity index (χ1) is 13.7. The van der Waals surface area contributed by atoms with Crippen molar-refractivity contribution in [3.63, 3.8) is 0 Å². The number of hydrogen-bond donors (Lipinski definition) is 0. The lowest BCUT2D eigenvalue weighted by atomic mass is 9.53. The molecule has 0 N–H and O–H groups in total. The SMILES string of the molecule is C[C@@]1(c2ccc(Cl)cc2)CC[C@]2(C)C3=C(O[C@]2(C)C1)C(=O)c1ccccc1C3=O. The third-order valence-corrected chi connectivity index (χ3v) is 7.82. The van der Waals surface area contributed by atoms with E-state index in [4.69, 9.17) is 16.3 Å². The average Bonchev–Trinajstić information content (AvgIpc) is 2.94. The predicted octanol–water partition coefficient (Wildman–Crippen LogP) is 5.91. The van der Waals surface area contributed by atoms with Crippen molar-refractivity contribution in [1.82, 2.24) is 0 Å². The molecule has 0 saturated heterocycles. The van der Waals surface area contributed by atoms with Gasteiger partial charge >= 0.3 is 0 Å². The summed E-state index contributed by atoms with van der Waals surface area (Å²) in [5, 5.41) is 0.715. The van der Waals surface area contributed by atoms with Crippen LogP contribution in [0.15, 0.2) is 59.9 Å². The molecule has 3 atom stereocenters. The van der Waals surface area contributed by atoms with E-state index in [2.05, 4.69) is 32.9 Å². The summed E-state index contributed by atoms with van der Waals surface area (Å²) in [6, 6.07) is 15.0. The van der Waals surface area contributed by atoms with E-state index in [0.29, 0.717) is 21.7 Å². The number of ketones is 2. The summed E-state index contributed by atoms with van der Waals surface area (Å²) in [4.78, 5) is 26.6. The molecule has 148 valence electrons. The Morgan fingerprint density at radius 3 is 2.14 bits per heavy atom. The lowest BCUT2D eigenvalue weighted by Crippen LogP contribution is -2.52. The zero-order chi connectivity index (χ0) is 20.6. The molecule has 0 amide bonds. The van der Waals surface area contributed by atoms with Gasteiger partial charge in [0.05, 0.1) is 5.57 Å². The highest BCUT2D eigenvalue weighted by Gasteiger charge is 2.64. The van der Waals surface area contributed by atoms with Gasteiger partial charge in [0.25, 0.3) is 0 Å². The Bertz CT molecular complexity index is 1100. The van der Waals surface area contributed by atoms with Gasteiger partial charge in [-0.15, -0.1) is 0 Å². The Hall–Kier alpha value is -2.39. The molecule has 2 aliphatic carbocycles. The number of carbonyl (C=O) groups excluding carboxylic acids is 2. The molecule has 0 bridgehead atoms. The third-order valence-electron chi connectivity index (χ3n) is 7.57. The van der Waals surface area contributed by atoms with Gasteiger partial charge in [-0.2, -0.15) is 0 Å². The van der Waals surface area contributed by atoms with Gasteiger partial charge in [-0.3, -0.25) is 9.59 Å². The Balaban J connectivity index is 1.58. The Morgan fingerprint density at radius 1 is 0.862 bits per heavy atom. The molecule has 1 saturated carbocycles. The topological polar surface area (TPSA) is 43.4 Å². The van der Waals surface area contributed by atoms with Gasteiger partial charge < -0.3 is 4.74 Å². The van der Waals surface area contributed by atoms with Crippen LogP contribution in [0.5, 0.6) is 0 Å². The van der Waals surface area contributed by atoms with Crippen LogP contribution in [0.3, 0.4) is 0 Å². The molecule has 1 aliphatic heterocycles. The van der Waals surface area contributed by atoms with Crippen molar-refractivity contribution in [1.29, 1.82) is 0 Å². The second-order valence-corrected chi connectivity index (χ2v) is 9.75. The highest BCUT2D eigenvalue weighted by Crippen LogP contribution is 2.63. The summed E-state index contributed by atoms with van der Waals surface area (Å²) in [7, 11) is 0. The van der Waals surface area contributed by atoms with Crippen molar-refractivity contribution in [2.24, 2.45) is 5.41 Å². The van der Waals surface area contributed by atoms with E-state index in [-0.39, 0.29) is 22.7 Å². The van der Waals surface area contributed by atoms with E-state index in [1.165, 1.54) is 5.56 Å². The van der Waals surface area contributed by atoms with Crippen molar-refractivity contribution < 1.29 is 14.3 Å². The molecule has 0 unspecified atom stereocenters. The summed E-state index contributed by atoms with van der Waals surface area (Å²) in [6.07, 6.45) is 2.41. The van der Waals surface area contributed by atoms with E-state index < -0.39 is 11.0 Å². The van der Waals surface area contributed by atoms with Crippen molar-refractivity contribution >= 4 is 23.2 Å². The average molecular weight is 407 g/mol. The molecule has 3 nitrogen and oxygen atoms in total. The first kappa shape index (κ1) is 18.6. The van der Waals surface area contributed by atoms with Crippen LogP contribution in [-0.2, 0) is 10.2 Å². The highest BCUT2D eigenvalue weighted by molar-refractivity contribution is 6.30. The second-order valence-electron chi connectivity index (χ2n) is 9.32. The number of halogens is 1. The van der Waals surface area contributed by atoms with Gasteiger partial charge in [0.2, 0.25) is 5.78 Å². The molecule has 1 heterocycles. The van der Waals surface area contributed by atoms with Crippen LogP contribution in [0.4, 0.5) is 0 Å². The van der Waals surface area contributed by atoms with Gasteiger partial charge in [0.1, 0.15) is 5.60 Å². The molecule has 0 radical (unpaired) electrons. The fourth-order valence-electron chi connectivity index (χ4n) is 5.63. The highest BCUT2D eigenvalue weighted by atomic mass is 35.5. The van der Waals surface area contributed by atoms with Gasteiger partial charge in [0.15, 0.2) is 11.5 Å². The van der Waals surface area contributed by atoms with Crippen LogP contribution in [0.2, 0.25) is 5.02 Å². The first-order valence-electron chi connectivity index (χ1n) is 10.1. The number of benzene rings is 2. The number of carbonyl (C=O) groups is 2. The summed E-state index contributed by atoms with van der Waals surface area (Å²) < 4.78 is 6.42. The molecule has 2 aromatic rings. The monoisotopic (exact) mass is 406 g/mol. The van der Waals surface area contributed by atoms with Crippen molar-refractivity contribution in [3.8, 4) is 0 Å². The molecule has 3 aliphatic rings. The zero-order valence-corrected chi connectivity index (χ0v) is 17.6. The van der Waals surface area contributed by atoms with Crippen LogP contribution in [0, 0.1) is 5.41 Å². The summed E-state index contributed by atoms with van der Waals surface area (Å²) in [6.45, 7) is 6.39. The zero-order valence-electron chi connectivity index (χ0n) is 16.8. The molecule has 2 aromatic carbocycles. The normalized spacial score (nSPS) is 33.1. The van der Waals surface area contributed by atoms with Crippen LogP contribution in [0.25, 0.3) is 0 Å². The Labute approximate surface area is 175 Å². The molecule has 1 fully saturated rings. The smallest absolute Gasteiger partial charge is 0.228 e. The maximum atomic E-state index is 13.4. The number of fused-ring (bicyclic) bond motifs is 3. The quantitative estimate of drug-likeness (QED) is 0.591. The number of Topliss-reactive ketones (excluding diaryl/α,β-unsaturated/α-hetero) is 2. The Morgan fingerprint density at radius 2 is 1.48 bits per heavy atom. The van der Waals surface area contributed by atoms with Crippen LogP contribution in [0.1, 0.15) is 66.3 Å². The first-order valence-corrected chi connectivity index (χ1v) is 10.4. The molecule has 4 heteroatoms. The summed E-state index contributed by atoms with van der Waals surface area (Å²) >= 11 is 6.09. The minimum atomic E-state index is -0.627. The fraction of sp³-hybridized carbons (Fsp3) is 0.360. The van der Waals surface area contributed by atoms with Crippen LogP contribution >= 0.6 is 11.6 Å². The van der Waals surface area contributed by atoms with Crippen LogP contribution in [-0.4, -0.2) is 17.2 Å². The molecule has 29 heavy (non-hydrogen) atoms. The van der Waals surface area contributed by atoms with Gasteiger partial charge in [-0.25, -0.2) is 0 Å². The van der Waals surface area contributed by atoms with E-state index in [1.54, 1.807) is 18.2 Å². The van der Waals surface area contributed by atoms with E-state index in [1.807, 2.05) is 18.2 Å². The van der Waals surface area contributed by atoms with E-state index in [9.17, 15) is 9.59 Å². The lowest BCUT2D eigenvalue weighted by molar-refractivity contribution is -0.0812. The minimum absolute atomic E-state index is 0.0588. The minimum Gasteiger partial charge on any atom is -0.482 e. The lowest BCUT2D eigenvalue weighted by Gasteiger charge is -2.52. The molecule has 0 spiro atoms. The van der Waals surface area contributed by atoms with Crippen molar-refractivity contribution in [2.75, 3.05) is 0 Å². The molecular weight excluding hydrogens is 384 g/mol. The van der Waals surface area contributed by atoms with Crippen molar-refractivity contribution in [2.45, 2.75) is 51.0 Å². The molecule has 5 rings (SSSR count). The van der Waals surface area contributed by atoms with E-state index in [0.717, 1.165) is 19.3 Å². The predicted molar refractivity (Wildman–Crippen MR) is 112 cm³/mol. The number of allylic oxidation sites excluding steroid dienone is 1. The second kappa shape index (κ2) is 5.82. The van der Waals surface area contributed by atoms with Crippen LogP contribution < -0.4 is 0 Å². The maximum absolute atomic E-state index is 13.4. The van der Waals surface area contributed by atoms with Crippen molar-refractivity contribution in [3.05, 3.63) is 81.6 Å². The molecular formula is C25H23ClO3. The number of rotatable bonds is 1. The van der Waals surface area contributed by atoms with E-state index >= 15 is 0 Å². The fourth-order valence-corrected chi connectivity index (χ4v) is 5.76. The summed E-state index contributed by atoms with van der Waals surface area (Å²) in [5.74, 6) is 0.0378. The molecule has 0 aromatic heterocycles.